The van der Waals surface area contributed by atoms with E-state index in [0.717, 1.165) is 37.0 Å². The average molecular weight is 544 g/mol. The number of para-hydroxylation sites is 1. The zero-order chi connectivity index (χ0) is 27.5. The van der Waals surface area contributed by atoms with Crippen molar-refractivity contribution in [1.29, 1.82) is 0 Å². The molecule has 1 unspecified atom stereocenters. The molecule has 1 aliphatic rings. The number of anilines is 1. The molecule has 9 heteroatoms. The van der Waals surface area contributed by atoms with Crippen LogP contribution in [0.4, 0.5) is 5.69 Å². The Morgan fingerprint density at radius 3 is 2.26 bits per heavy atom. The van der Waals surface area contributed by atoms with Crippen LogP contribution in [-0.2, 0) is 26.2 Å². The second kappa shape index (κ2) is 14.2. The Morgan fingerprint density at radius 1 is 1.03 bits per heavy atom. The van der Waals surface area contributed by atoms with E-state index in [-0.39, 0.29) is 37.4 Å². The summed E-state index contributed by atoms with van der Waals surface area (Å²) in [6, 6.07) is 15.9. The van der Waals surface area contributed by atoms with E-state index >= 15 is 0 Å². The Bertz CT molecular complexity index is 1130. The van der Waals surface area contributed by atoms with Crippen molar-refractivity contribution in [2.75, 3.05) is 24.2 Å². The molecule has 208 valence electrons. The molecule has 0 aliphatic heterocycles. The molecular weight excluding hydrogens is 502 g/mol. The Morgan fingerprint density at radius 2 is 1.68 bits per heavy atom. The third-order valence-corrected chi connectivity index (χ3v) is 8.24. The van der Waals surface area contributed by atoms with Gasteiger partial charge in [0.2, 0.25) is 21.8 Å². The molecule has 0 spiro atoms. The minimum Gasteiger partial charge on any atom is -0.497 e. The minimum absolute atomic E-state index is 0.122. The average Bonchev–Trinajstić information content (AvgIpc) is 2.91. The van der Waals surface area contributed by atoms with Crippen LogP contribution in [0.3, 0.4) is 0 Å². The van der Waals surface area contributed by atoms with Crippen molar-refractivity contribution in [1.82, 2.24) is 10.2 Å². The van der Waals surface area contributed by atoms with Gasteiger partial charge in [0, 0.05) is 25.6 Å². The van der Waals surface area contributed by atoms with Gasteiger partial charge in [0.05, 0.1) is 19.1 Å². The number of hydrogen-bond donors (Lipinski definition) is 1. The number of nitrogens with zero attached hydrogens (tertiary/aromatic N) is 2. The summed E-state index contributed by atoms with van der Waals surface area (Å²) in [5, 5.41) is 3.18. The fourth-order valence-electron chi connectivity index (χ4n) is 4.99. The molecule has 2 amide bonds. The molecule has 0 saturated heterocycles. The predicted molar refractivity (Wildman–Crippen MR) is 151 cm³/mol. The van der Waals surface area contributed by atoms with Crippen LogP contribution in [0.1, 0.15) is 63.9 Å². The molecule has 0 aromatic heterocycles. The Kier molecular flexibility index (Phi) is 11.0. The van der Waals surface area contributed by atoms with E-state index in [2.05, 4.69) is 5.32 Å². The minimum atomic E-state index is -3.51. The smallest absolute Gasteiger partial charge is 0.243 e. The van der Waals surface area contributed by atoms with Crippen molar-refractivity contribution < 1.29 is 22.7 Å². The van der Waals surface area contributed by atoms with E-state index in [1.165, 1.54) is 17.0 Å². The highest BCUT2D eigenvalue weighted by atomic mass is 32.2. The number of nitrogens with one attached hydrogen (secondary N) is 1. The normalized spacial score (nSPS) is 14.9. The molecule has 1 saturated carbocycles. The summed E-state index contributed by atoms with van der Waals surface area (Å²) < 4.78 is 31.4. The third-order valence-electron chi connectivity index (χ3n) is 7.05. The molecule has 8 nitrogen and oxygen atoms in total. The number of benzene rings is 2. The van der Waals surface area contributed by atoms with Crippen LogP contribution in [-0.4, -0.2) is 57.1 Å². The van der Waals surface area contributed by atoms with Gasteiger partial charge in [-0.1, -0.05) is 56.5 Å². The van der Waals surface area contributed by atoms with Gasteiger partial charge in [-0.05, 0) is 55.5 Å². The topological polar surface area (TPSA) is 96.0 Å². The van der Waals surface area contributed by atoms with Crippen LogP contribution in [0.5, 0.6) is 5.75 Å². The molecule has 1 N–H and O–H groups in total. The van der Waals surface area contributed by atoms with Crippen LogP contribution in [0.2, 0.25) is 0 Å². The first-order valence-corrected chi connectivity index (χ1v) is 15.3. The maximum absolute atomic E-state index is 13.6. The first-order valence-electron chi connectivity index (χ1n) is 13.5. The lowest BCUT2D eigenvalue weighted by Crippen LogP contribution is -2.51. The maximum atomic E-state index is 13.6. The summed E-state index contributed by atoms with van der Waals surface area (Å²) in [7, 11) is -1.91. The molecule has 2 aromatic carbocycles. The number of sulfonamides is 1. The maximum Gasteiger partial charge on any atom is 0.243 e. The number of ether oxygens (including phenoxy) is 1. The van der Waals surface area contributed by atoms with Crippen LogP contribution in [0, 0.1) is 0 Å². The van der Waals surface area contributed by atoms with E-state index in [4.69, 9.17) is 4.74 Å². The lowest BCUT2D eigenvalue weighted by Gasteiger charge is -2.33. The zero-order valence-electron chi connectivity index (χ0n) is 22.8. The summed E-state index contributed by atoms with van der Waals surface area (Å²) in [4.78, 5) is 28.6. The van der Waals surface area contributed by atoms with Crippen molar-refractivity contribution in [2.24, 2.45) is 0 Å². The fraction of sp³-hybridized carbons (Fsp3) is 0.517. The van der Waals surface area contributed by atoms with Gasteiger partial charge >= 0.3 is 0 Å². The molecule has 38 heavy (non-hydrogen) atoms. The fourth-order valence-corrected chi connectivity index (χ4v) is 5.96. The third kappa shape index (κ3) is 8.48. The summed E-state index contributed by atoms with van der Waals surface area (Å²) in [5.41, 5.74) is 1.46. The highest BCUT2D eigenvalue weighted by molar-refractivity contribution is 7.92. The van der Waals surface area contributed by atoms with Crippen molar-refractivity contribution >= 4 is 27.5 Å². The van der Waals surface area contributed by atoms with Gasteiger partial charge in [-0.15, -0.1) is 0 Å². The van der Waals surface area contributed by atoms with Gasteiger partial charge in [-0.25, -0.2) is 8.42 Å². The lowest BCUT2D eigenvalue weighted by atomic mass is 9.95. The van der Waals surface area contributed by atoms with Gasteiger partial charge in [0.1, 0.15) is 11.8 Å². The molecule has 2 aromatic rings. The summed E-state index contributed by atoms with van der Waals surface area (Å²) in [5.74, 6) is 0.423. The van der Waals surface area contributed by atoms with E-state index < -0.39 is 16.1 Å². The van der Waals surface area contributed by atoms with Gasteiger partial charge in [0.25, 0.3) is 0 Å². The number of carbonyl (C=O) groups is 2. The molecule has 1 aliphatic carbocycles. The van der Waals surface area contributed by atoms with E-state index in [1.54, 1.807) is 36.3 Å². The summed E-state index contributed by atoms with van der Waals surface area (Å²) in [6.45, 7) is 2.38. The number of amides is 2. The second-order valence-corrected chi connectivity index (χ2v) is 11.8. The number of carbonyl (C=O) groups excluding carboxylic acids is 2. The van der Waals surface area contributed by atoms with Crippen LogP contribution >= 0.6 is 0 Å². The Labute approximate surface area is 227 Å². The SMILES string of the molecule is CCC(C(=O)NC1CCCCC1)N(Cc1ccc(OC)cc1)C(=O)CCCN(c1ccccc1)S(C)(=O)=O. The van der Waals surface area contributed by atoms with Crippen molar-refractivity contribution in [3.05, 3.63) is 60.2 Å². The predicted octanol–water partition coefficient (Wildman–Crippen LogP) is 4.50. The number of methoxy groups -OCH3 is 1. The van der Waals surface area contributed by atoms with E-state index in [1.807, 2.05) is 37.3 Å². The van der Waals surface area contributed by atoms with Crippen LogP contribution < -0.4 is 14.4 Å². The molecule has 0 radical (unpaired) electrons. The summed E-state index contributed by atoms with van der Waals surface area (Å²) in [6.07, 6.45) is 7.45. The molecule has 0 bridgehead atoms. The molecular formula is C29H41N3O5S. The van der Waals surface area contributed by atoms with Gasteiger partial charge in [-0.2, -0.15) is 0 Å². The van der Waals surface area contributed by atoms with Crippen molar-refractivity contribution in [2.45, 2.75) is 76.9 Å². The highest BCUT2D eigenvalue weighted by Crippen LogP contribution is 2.22. The van der Waals surface area contributed by atoms with Gasteiger partial charge in [-0.3, -0.25) is 13.9 Å². The van der Waals surface area contributed by atoms with E-state index in [9.17, 15) is 18.0 Å². The standard InChI is InChI=1S/C29H41N3O5S/c1-4-27(29(34)30-24-12-7-5-8-13-24)31(22-23-17-19-26(37-2)20-18-23)28(33)16-11-21-32(38(3,35)36)25-14-9-6-10-15-25/h6,9-10,14-15,17-20,24,27H,4-5,7-8,11-13,16,21-22H2,1-3H3,(H,30,34). The van der Waals surface area contributed by atoms with E-state index in [0.29, 0.717) is 18.5 Å². The van der Waals surface area contributed by atoms with Crippen LogP contribution in [0.15, 0.2) is 54.6 Å². The quantitative estimate of drug-likeness (QED) is 0.401. The molecule has 1 atom stereocenters. The molecule has 0 heterocycles. The second-order valence-electron chi connectivity index (χ2n) is 9.91. The zero-order valence-corrected chi connectivity index (χ0v) is 23.6. The largest absolute Gasteiger partial charge is 0.497 e. The molecule has 1 fully saturated rings. The first kappa shape index (κ1) is 29.5. The lowest BCUT2D eigenvalue weighted by molar-refractivity contribution is -0.141. The number of rotatable bonds is 13. The Hall–Kier alpha value is -3.07. The summed E-state index contributed by atoms with van der Waals surface area (Å²) >= 11 is 0. The number of hydrogen-bond acceptors (Lipinski definition) is 5. The van der Waals surface area contributed by atoms with Gasteiger partial charge < -0.3 is 15.0 Å². The van der Waals surface area contributed by atoms with Crippen LogP contribution in [0.25, 0.3) is 0 Å². The van der Waals surface area contributed by atoms with Crippen molar-refractivity contribution in [3.8, 4) is 5.75 Å². The highest BCUT2D eigenvalue weighted by Gasteiger charge is 2.30. The van der Waals surface area contributed by atoms with Gasteiger partial charge in [0.15, 0.2) is 0 Å². The first-order chi connectivity index (χ1) is 18.2. The van der Waals surface area contributed by atoms with Crippen molar-refractivity contribution in [3.63, 3.8) is 0 Å². The monoisotopic (exact) mass is 543 g/mol. The Balaban J connectivity index is 1.75. The molecule has 3 rings (SSSR count).